The summed E-state index contributed by atoms with van der Waals surface area (Å²) >= 11 is 5.93. The Morgan fingerprint density at radius 3 is 2.80 bits per heavy atom. The lowest BCUT2D eigenvalue weighted by Crippen LogP contribution is -2.05. The number of carbonyl (C=O) groups excluding carboxylic acids is 1. The van der Waals surface area contributed by atoms with Gasteiger partial charge in [-0.1, -0.05) is 48.5 Å². The Labute approximate surface area is 123 Å². The van der Waals surface area contributed by atoms with Gasteiger partial charge in [0.1, 0.15) is 10.8 Å². The van der Waals surface area contributed by atoms with Crippen molar-refractivity contribution in [3.8, 4) is 0 Å². The number of hydrogen-bond acceptors (Lipinski definition) is 3. The molecular weight excluding hydrogens is 272 g/mol. The van der Waals surface area contributed by atoms with Gasteiger partial charge < -0.3 is 5.32 Å². The molecule has 102 valence electrons. The van der Waals surface area contributed by atoms with E-state index in [0.29, 0.717) is 24.1 Å². The average Bonchev–Trinajstić information content (AvgIpc) is 2.45. The smallest absolute Gasteiger partial charge is 0.169 e. The number of aldehydes is 1. The zero-order valence-electron chi connectivity index (χ0n) is 11.2. The van der Waals surface area contributed by atoms with Crippen molar-refractivity contribution in [2.45, 2.75) is 13.5 Å². The summed E-state index contributed by atoms with van der Waals surface area (Å²) in [7, 11) is 0. The van der Waals surface area contributed by atoms with Gasteiger partial charge in [0.2, 0.25) is 0 Å². The number of nitrogens with one attached hydrogen (secondary N) is 1. The number of pyridine rings is 1. The Kier molecular flexibility index (Phi) is 4.53. The highest BCUT2D eigenvalue weighted by Crippen LogP contribution is 2.24. The second-order valence-corrected chi connectivity index (χ2v) is 4.78. The summed E-state index contributed by atoms with van der Waals surface area (Å²) in [5.74, 6) is 0. The number of anilines is 1. The molecule has 0 saturated carbocycles. The van der Waals surface area contributed by atoms with Crippen LogP contribution < -0.4 is 5.32 Å². The normalized spacial score (nSPS) is 10.1. The Morgan fingerprint density at radius 2 is 2.15 bits per heavy atom. The molecule has 0 aliphatic rings. The minimum absolute atomic E-state index is 0.282. The molecule has 0 radical (unpaired) electrons. The van der Waals surface area contributed by atoms with E-state index in [-0.39, 0.29) is 5.15 Å². The molecule has 0 aliphatic carbocycles. The summed E-state index contributed by atoms with van der Waals surface area (Å²) in [4.78, 5) is 15.0. The third-order valence-electron chi connectivity index (χ3n) is 3.10. The van der Waals surface area contributed by atoms with Crippen LogP contribution in [0.5, 0.6) is 0 Å². The van der Waals surface area contributed by atoms with Gasteiger partial charge in [-0.05, 0) is 24.1 Å². The Hall–Kier alpha value is -2.13. The molecule has 1 aromatic carbocycles. The number of aryl methyl sites for hydroxylation is 1. The maximum atomic E-state index is 11.0. The fraction of sp³-hybridized carbons (Fsp3) is 0.125. The van der Waals surface area contributed by atoms with Crippen LogP contribution in [0, 0.1) is 6.92 Å². The first-order valence-electron chi connectivity index (χ1n) is 6.22. The standard InChI is InChI=1S/C16H15ClN2O/c1-3-13-14(8-16(17)19-15(13)10-20)18-9-12-7-5-4-6-11(12)2/h3-8,10H,1,9H2,2H3,(H,18,19). The second kappa shape index (κ2) is 6.35. The molecule has 1 N–H and O–H groups in total. The van der Waals surface area contributed by atoms with Crippen LogP contribution in [-0.4, -0.2) is 11.3 Å². The lowest BCUT2D eigenvalue weighted by molar-refractivity contribution is 0.111. The van der Waals surface area contributed by atoms with Crippen LogP contribution in [0.15, 0.2) is 36.9 Å². The molecule has 20 heavy (non-hydrogen) atoms. The molecule has 0 atom stereocenters. The van der Waals surface area contributed by atoms with E-state index in [1.807, 2.05) is 12.1 Å². The summed E-state index contributed by atoms with van der Waals surface area (Å²) < 4.78 is 0. The highest BCUT2D eigenvalue weighted by Gasteiger charge is 2.09. The van der Waals surface area contributed by atoms with Crippen molar-refractivity contribution >= 4 is 29.7 Å². The number of rotatable bonds is 5. The van der Waals surface area contributed by atoms with Crippen molar-refractivity contribution in [2.24, 2.45) is 0 Å². The van der Waals surface area contributed by atoms with E-state index < -0.39 is 0 Å². The van der Waals surface area contributed by atoms with Crippen molar-refractivity contribution in [2.75, 3.05) is 5.32 Å². The zero-order chi connectivity index (χ0) is 14.5. The third kappa shape index (κ3) is 3.06. The van der Waals surface area contributed by atoms with Gasteiger partial charge in [0.15, 0.2) is 6.29 Å². The zero-order valence-corrected chi connectivity index (χ0v) is 11.9. The summed E-state index contributed by atoms with van der Waals surface area (Å²) in [6.45, 7) is 6.42. The van der Waals surface area contributed by atoms with Crippen molar-refractivity contribution in [3.63, 3.8) is 0 Å². The molecule has 2 aromatic rings. The van der Waals surface area contributed by atoms with E-state index in [4.69, 9.17) is 11.6 Å². The van der Waals surface area contributed by atoms with Crippen molar-refractivity contribution in [1.82, 2.24) is 4.98 Å². The van der Waals surface area contributed by atoms with Gasteiger partial charge in [-0.3, -0.25) is 4.79 Å². The molecular formula is C16H15ClN2O. The van der Waals surface area contributed by atoms with Crippen LogP contribution in [0.25, 0.3) is 6.08 Å². The first kappa shape index (κ1) is 14.3. The Morgan fingerprint density at radius 1 is 1.40 bits per heavy atom. The maximum absolute atomic E-state index is 11.0. The first-order valence-corrected chi connectivity index (χ1v) is 6.60. The molecule has 1 heterocycles. The van der Waals surface area contributed by atoms with Crippen LogP contribution in [0.3, 0.4) is 0 Å². The van der Waals surface area contributed by atoms with Crippen LogP contribution in [0.1, 0.15) is 27.2 Å². The molecule has 3 nitrogen and oxygen atoms in total. The molecule has 0 spiro atoms. The van der Waals surface area contributed by atoms with Crippen molar-refractivity contribution in [1.29, 1.82) is 0 Å². The largest absolute Gasteiger partial charge is 0.380 e. The van der Waals surface area contributed by atoms with E-state index in [2.05, 4.69) is 35.9 Å². The quantitative estimate of drug-likeness (QED) is 0.664. The number of halogens is 1. The highest BCUT2D eigenvalue weighted by atomic mass is 35.5. The van der Waals surface area contributed by atoms with Gasteiger partial charge >= 0.3 is 0 Å². The summed E-state index contributed by atoms with van der Waals surface area (Å²) in [6.07, 6.45) is 2.29. The molecule has 0 bridgehead atoms. The number of nitrogens with zero attached hydrogens (tertiary/aromatic N) is 1. The average molecular weight is 287 g/mol. The van der Waals surface area contributed by atoms with Crippen molar-refractivity contribution < 1.29 is 4.79 Å². The monoisotopic (exact) mass is 286 g/mol. The minimum Gasteiger partial charge on any atom is -0.380 e. The van der Waals surface area contributed by atoms with Crippen LogP contribution in [0.4, 0.5) is 5.69 Å². The molecule has 2 rings (SSSR count). The number of aromatic nitrogens is 1. The summed E-state index contributed by atoms with van der Waals surface area (Å²) in [6, 6.07) is 9.81. The lowest BCUT2D eigenvalue weighted by Gasteiger charge is -2.13. The fourth-order valence-corrected chi connectivity index (χ4v) is 2.19. The topological polar surface area (TPSA) is 42.0 Å². The van der Waals surface area contributed by atoms with Gasteiger partial charge in [-0.15, -0.1) is 0 Å². The predicted octanol–water partition coefficient (Wildman–Crippen LogP) is 4.11. The van der Waals surface area contributed by atoms with E-state index in [1.54, 1.807) is 12.1 Å². The van der Waals surface area contributed by atoms with Gasteiger partial charge in [0.25, 0.3) is 0 Å². The Balaban J connectivity index is 2.29. The highest BCUT2D eigenvalue weighted by molar-refractivity contribution is 6.29. The van der Waals surface area contributed by atoms with Crippen LogP contribution >= 0.6 is 11.6 Å². The number of benzene rings is 1. The predicted molar refractivity (Wildman–Crippen MR) is 83.2 cm³/mol. The minimum atomic E-state index is 0.282. The number of carbonyl (C=O) groups is 1. The van der Waals surface area contributed by atoms with Gasteiger partial charge in [-0.2, -0.15) is 0 Å². The second-order valence-electron chi connectivity index (χ2n) is 4.39. The van der Waals surface area contributed by atoms with Crippen LogP contribution in [0.2, 0.25) is 5.15 Å². The lowest BCUT2D eigenvalue weighted by atomic mass is 10.1. The van der Waals surface area contributed by atoms with Crippen LogP contribution in [-0.2, 0) is 6.54 Å². The molecule has 0 aliphatic heterocycles. The molecule has 0 saturated heterocycles. The Bertz CT molecular complexity index is 653. The van der Waals surface area contributed by atoms with Gasteiger partial charge in [0.05, 0.1) is 0 Å². The summed E-state index contributed by atoms with van der Waals surface area (Å²) in [5, 5.41) is 3.56. The molecule has 1 aromatic heterocycles. The van der Waals surface area contributed by atoms with E-state index in [0.717, 1.165) is 5.69 Å². The van der Waals surface area contributed by atoms with E-state index in [9.17, 15) is 4.79 Å². The van der Waals surface area contributed by atoms with Gasteiger partial charge in [0, 0.05) is 17.8 Å². The van der Waals surface area contributed by atoms with E-state index in [1.165, 1.54) is 11.1 Å². The first-order chi connectivity index (χ1) is 9.65. The molecule has 0 amide bonds. The fourth-order valence-electron chi connectivity index (χ4n) is 1.99. The van der Waals surface area contributed by atoms with Crippen molar-refractivity contribution in [3.05, 3.63) is 64.4 Å². The van der Waals surface area contributed by atoms with E-state index >= 15 is 0 Å². The van der Waals surface area contributed by atoms with Gasteiger partial charge in [-0.25, -0.2) is 4.98 Å². The third-order valence-corrected chi connectivity index (χ3v) is 3.30. The molecule has 4 heteroatoms. The SMILES string of the molecule is C=Cc1c(NCc2ccccc2C)cc(Cl)nc1C=O. The maximum Gasteiger partial charge on any atom is 0.169 e. The molecule has 0 unspecified atom stereocenters. The number of hydrogen-bond donors (Lipinski definition) is 1. The molecule has 0 fully saturated rings. The summed E-state index contributed by atoms with van der Waals surface area (Å²) in [5.41, 5.74) is 4.10.